The Morgan fingerprint density at radius 2 is 1.92 bits per heavy atom. The molecule has 0 aliphatic carbocycles. The van der Waals surface area contributed by atoms with Gasteiger partial charge in [-0.2, -0.15) is 0 Å². The summed E-state index contributed by atoms with van der Waals surface area (Å²) >= 11 is 11.8. The van der Waals surface area contributed by atoms with Gasteiger partial charge in [-0.25, -0.2) is 9.97 Å². The molecule has 0 fully saturated rings. The highest BCUT2D eigenvalue weighted by Gasteiger charge is 2.12. The highest BCUT2D eigenvalue weighted by Crippen LogP contribution is 2.25. The molecule has 7 heteroatoms. The number of hydrogen-bond donors (Lipinski definition) is 2. The molecule has 2 aromatic rings. The molecule has 128 valence electrons. The highest BCUT2D eigenvalue weighted by atomic mass is 35.5. The molecule has 0 radical (unpaired) electrons. The van der Waals surface area contributed by atoms with Gasteiger partial charge < -0.3 is 10.6 Å². The maximum absolute atomic E-state index is 12.4. The van der Waals surface area contributed by atoms with Gasteiger partial charge in [-0.05, 0) is 43.5 Å². The van der Waals surface area contributed by atoms with Crippen molar-refractivity contribution in [1.29, 1.82) is 0 Å². The van der Waals surface area contributed by atoms with E-state index >= 15 is 0 Å². The molecule has 1 aromatic carbocycles. The Kier molecular flexibility index (Phi) is 6.40. The van der Waals surface area contributed by atoms with Crippen LogP contribution in [0, 0.1) is 12.8 Å². The Labute approximate surface area is 151 Å². The van der Waals surface area contributed by atoms with Crippen LogP contribution in [-0.4, -0.2) is 22.4 Å². The van der Waals surface area contributed by atoms with Crippen LogP contribution in [0.25, 0.3) is 0 Å². The maximum atomic E-state index is 12.4. The van der Waals surface area contributed by atoms with Crippen molar-refractivity contribution < 1.29 is 4.79 Å². The van der Waals surface area contributed by atoms with Gasteiger partial charge in [0.05, 0.1) is 10.0 Å². The molecule has 24 heavy (non-hydrogen) atoms. The van der Waals surface area contributed by atoms with Gasteiger partial charge in [0.2, 0.25) is 5.95 Å². The Morgan fingerprint density at radius 1 is 1.17 bits per heavy atom. The molecule has 0 saturated heterocycles. The molecule has 1 amide bonds. The van der Waals surface area contributed by atoms with Crippen molar-refractivity contribution in [2.45, 2.75) is 27.2 Å². The van der Waals surface area contributed by atoms with E-state index in [0.29, 0.717) is 33.3 Å². The summed E-state index contributed by atoms with van der Waals surface area (Å²) in [5, 5.41) is 6.72. The lowest BCUT2D eigenvalue weighted by Gasteiger charge is -2.10. The molecule has 0 saturated carbocycles. The molecule has 0 spiro atoms. The average Bonchev–Trinajstić information content (AvgIpc) is 2.50. The number of nitrogens with one attached hydrogen (secondary N) is 2. The number of nitrogens with zero attached hydrogens (tertiary/aromatic N) is 2. The second-order valence-electron chi connectivity index (χ2n) is 5.91. The van der Waals surface area contributed by atoms with E-state index in [-0.39, 0.29) is 5.91 Å². The Hall–Kier alpha value is -1.85. The number of rotatable bonds is 6. The lowest BCUT2D eigenvalue weighted by Crippen LogP contribution is -2.16. The summed E-state index contributed by atoms with van der Waals surface area (Å²) in [5.74, 6) is 0.709. The molecule has 2 rings (SSSR count). The number of amides is 1. The number of hydrogen-bond acceptors (Lipinski definition) is 4. The van der Waals surface area contributed by atoms with Crippen molar-refractivity contribution in [3.63, 3.8) is 0 Å². The van der Waals surface area contributed by atoms with Crippen molar-refractivity contribution in [2.24, 2.45) is 5.92 Å². The number of anilines is 2. The van der Waals surface area contributed by atoms with Crippen LogP contribution in [0.4, 0.5) is 11.6 Å². The smallest absolute Gasteiger partial charge is 0.274 e. The molecular formula is C17H20Cl2N4O. The minimum Gasteiger partial charge on any atom is -0.354 e. The van der Waals surface area contributed by atoms with Crippen molar-refractivity contribution in [2.75, 3.05) is 17.2 Å². The van der Waals surface area contributed by atoms with Gasteiger partial charge in [0.25, 0.3) is 5.91 Å². The fourth-order valence-corrected chi connectivity index (χ4v) is 2.30. The summed E-state index contributed by atoms with van der Waals surface area (Å²) in [6, 6.07) is 6.55. The number of aryl methyl sites for hydroxylation is 1. The van der Waals surface area contributed by atoms with Crippen molar-refractivity contribution in [3.8, 4) is 0 Å². The van der Waals surface area contributed by atoms with Gasteiger partial charge in [-0.3, -0.25) is 4.79 Å². The molecule has 0 aliphatic heterocycles. The Bertz CT molecular complexity index is 735. The SMILES string of the molecule is Cc1cc(C(=O)Nc2ccc(Cl)c(Cl)c2)nc(NCCC(C)C)n1. The van der Waals surface area contributed by atoms with E-state index in [4.69, 9.17) is 23.2 Å². The van der Waals surface area contributed by atoms with Gasteiger partial charge in [0, 0.05) is 17.9 Å². The number of aromatic nitrogens is 2. The third kappa shape index (κ3) is 5.35. The van der Waals surface area contributed by atoms with Crippen LogP contribution in [-0.2, 0) is 0 Å². The first-order chi connectivity index (χ1) is 11.3. The average molecular weight is 367 g/mol. The summed E-state index contributed by atoms with van der Waals surface area (Å²) in [4.78, 5) is 21.0. The van der Waals surface area contributed by atoms with E-state index in [1.54, 1.807) is 24.3 Å². The summed E-state index contributed by atoms with van der Waals surface area (Å²) in [6.45, 7) is 6.88. The van der Waals surface area contributed by atoms with Crippen molar-refractivity contribution in [1.82, 2.24) is 9.97 Å². The molecule has 1 heterocycles. The predicted octanol–water partition coefficient (Wildman–Crippen LogP) is 4.80. The van der Waals surface area contributed by atoms with Gasteiger partial charge >= 0.3 is 0 Å². The van der Waals surface area contributed by atoms with Gasteiger partial charge in [0.15, 0.2) is 0 Å². The lowest BCUT2D eigenvalue weighted by atomic mass is 10.1. The lowest BCUT2D eigenvalue weighted by molar-refractivity contribution is 0.102. The van der Waals surface area contributed by atoms with Crippen molar-refractivity contribution >= 4 is 40.7 Å². The second kappa shape index (κ2) is 8.31. The third-order valence-corrected chi connectivity index (χ3v) is 4.01. The first-order valence-electron chi connectivity index (χ1n) is 7.71. The number of benzene rings is 1. The topological polar surface area (TPSA) is 66.9 Å². The zero-order valence-corrected chi connectivity index (χ0v) is 15.4. The maximum Gasteiger partial charge on any atom is 0.274 e. The molecule has 0 aliphatic rings. The Morgan fingerprint density at radius 3 is 2.58 bits per heavy atom. The molecule has 0 atom stereocenters. The molecule has 2 N–H and O–H groups in total. The third-order valence-electron chi connectivity index (χ3n) is 3.27. The molecule has 0 unspecified atom stereocenters. The quantitative estimate of drug-likeness (QED) is 0.770. The normalized spacial score (nSPS) is 10.8. The first kappa shape index (κ1) is 18.5. The van der Waals surface area contributed by atoms with Crippen molar-refractivity contribution in [3.05, 3.63) is 45.7 Å². The van der Waals surface area contributed by atoms with Crippen LogP contribution in [0.5, 0.6) is 0 Å². The van der Waals surface area contributed by atoms with E-state index in [1.807, 2.05) is 6.92 Å². The van der Waals surface area contributed by atoms with Gasteiger partial charge in [-0.15, -0.1) is 0 Å². The number of halogens is 2. The number of carbonyl (C=O) groups excluding carboxylic acids is 1. The van der Waals surface area contributed by atoms with E-state index < -0.39 is 0 Å². The van der Waals surface area contributed by atoms with Crippen LogP contribution < -0.4 is 10.6 Å². The second-order valence-corrected chi connectivity index (χ2v) is 6.72. The zero-order chi connectivity index (χ0) is 17.7. The van der Waals surface area contributed by atoms with Crippen LogP contribution in [0.3, 0.4) is 0 Å². The molecular weight excluding hydrogens is 347 g/mol. The molecule has 1 aromatic heterocycles. The molecule has 5 nitrogen and oxygen atoms in total. The Balaban J connectivity index is 2.10. The standard InChI is InChI=1S/C17H20Cl2N4O/c1-10(2)6-7-20-17-21-11(3)8-15(23-17)16(24)22-12-4-5-13(18)14(19)9-12/h4-5,8-10H,6-7H2,1-3H3,(H,22,24)(H,20,21,23). The van der Waals surface area contributed by atoms with Crippen LogP contribution in [0.2, 0.25) is 10.0 Å². The highest BCUT2D eigenvalue weighted by molar-refractivity contribution is 6.42. The summed E-state index contributed by atoms with van der Waals surface area (Å²) < 4.78 is 0. The van der Waals surface area contributed by atoms with Crippen LogP contribution >= 0.6 is 23.2 Å². The summed E-state index contributed by atoms with van der Waals surface area (Å²) in [6.07, 6.45) is 1.00. The van der Waals surface area contributed by atoms with Crippen LogP contribution in [0.15, 0.2) is 24.3 Å². The minimum absolute atomic E-state index is 0.292. The van der Waals surface area contributed by atoms with E-state index in [2.05, 4.69) is 34.4 Å². The summed E-state index contributed by atoms with van der Waals surface area (Å²) in [5.41, 5.74) is 1.57. The van der Waals surface area contributed by atoms with E-state index in [9.17, 15) is 4.79 Å². The fourth-order valence-electron chi connectivity index (χ4n) is 2.01. The van der Waals surface area contributed by atoms with Crippen LogP contribution in [0.1, 0.15) is 36.5 Å². The predicted molar refractivity (Wildman–Crippen MR) is 99.1 cm³/mol. The summed E-state index contributed by atoms with van der Waals surface area (Å²) in [7, 11) is 0. The first-order valence-corrected chi connectivity index (χ1v) is 8.46. The van der Waals surface area contributed by atoms with Gasteiger partial charge in [-0.1, -0.05) is 37.0 Å². The van der Waals surface area contributed by atoms with Gasteiger partial charge in [0.1, 0.15) is 5.69 Å². The van der Waals surface area contributed by atoms with E-state index in [1.165, 1.54) is 0 Å². The minimum atomic E-state index is -0.328. The number of carbonyl (C=O) groups is 1. The zero-order valence-electron chi connectivity index (χ0n) is 13.9. The largest absolute Gasteiger partial charge is 0.354 e. The molecule has 0 bridgehead atoms. The monoisotopic (exact) mass is 366 g/mol. The van der Waals surface area contributed by atoms with E-state index in [0.717, 1.165) is 18.7 Å². The fraction of sp³-hybridized carbons (Fsp3) is 0.353.